The van der Waals surface area contributed by atoms with E-state index in [1.807, 2.05) is 26.0 Å². The van der Waals surface area contributed by atoms with Crippen molar-refractivity contribution in [3.05, 3.63) is 23.2 Å². The average molecular weight is 752 g/mol. The highest BCUT2D eigenvalue weighted by atomic mass is 32.2. The number of hydrogen-bond donors (Lipinski definition) is 5. The van der Waals surface area contributed by atoms with Crippen LogP contribution in [0.15, 0.2) is 17.5 Å². The van der Waals surface area contributed by atoms with Crippen molar-refractivity contribution < 1.29 is 37.1 Å². The molecule has 2 aliphatic heterocycles. The van der Waals surface area contributed by atoms with Gasteiger partial charge in [0.2, 0.25) is 21.8 Å². The van der Waals surface area contributed by atoms with Crippen LogP contribution in [0.25, 0.3) is 0 Å². The van der Waals surface area contributed by atoms with Gasteiger partial charge in [-0.1, -0.05) is 31.9 Å². The van der Waals surface area contributed by atoms with Gasteiger partial charge in [0.05, 0.1) is 5.25 Å². The van der Waals surface area contributed by atoms with Gasteiger partial charge in [-0.25, -0.2) is 18.2 Å². The Morgan fingerprint density at radius 3 is 2.53 bits per heavy atom. The van der Waals surface area contributed by atoms with E-state index < -0.39 is 80.2 Å². The maximum Gasteiger partial charge on any atom is 0.408 e. The highest BCUT2D eigenvalue weighted by Crippen LogP contribution is 2.45. The molecular weight excluding hydrogens is 699 g/mol. The molecule has 1 aromatic heterocycles. The third-order valence-electron chi connectivity index (χ3n) is 9.20. The molecule has 1 saturated heterocycles. The molecule has 3 aliphatic rings. The number of allylic oxidation sites excluding steroid dienone is 1. The van der Waals surface area contributed by atoms with Crippen molar-refractivity contribution in [1.82, 2.24) is 30.6 Å². The quantitative estimate of drug-likeness (QED) is 0.233. The molecule has 5 N–H and O–H groups in total. The number of hydrogen-bond acceptors (Lipinski definition) is 11. The first-order valence-corrected chi connectivity index (χ1v) is 20.2. The fourth-order valence-corrected chi connectivity index (χ4v) is 8.08. The summed E-state index contributed by atoms with van der Waals surface area (Å²) in [5, 5.41) is 12.9. The van der Waals surface area contributed by atoms with Crippen molar-refractivity contribution >= 4 is 56.2 Å². The molecule has 1 saturated carbocycles. The van der Waals surface area contributed by atoms with Crippen LogP contribution < -0.4 is 26.0 Å². The molecule has 3 heterocycles. The number of alkyl carbamates (subject to hydrolysis) is 1. The van der Waals surface area contributed by atoms with Crippen molar-refractivity contribution in [3.8, 4) is 0 Å². The molecule has 6 atom stereocenters. The van der Waals surface area contributed by atoms with E-state index in [4.69, 9.17) is 4.74 Å². The number of carbonyl (C=O) groups is 5. The summed E-state index contributed by atoms with van der Waals surface area (Å²) in [6, 6.07) is -2.74. The summed E-state index contributed by atoms with van der Waals surface area (Å²) >= 11 is 1.28. The molecule has 284 valence electrons. The van der Waals surface area contributed by atoms with Crippen molar-refractivity contribution in [2.24, 2.45) is 5.92 Å². The highest BCUT2D eigenvalue weighted by Gasteiger charge is 2.61. The van der Waals surface area contributed by atoms with Gasteiger partial charge >= 0.3 is 6.09 Å². The molecule has 1 aliphatic carbocycles. The Morgan fingerprint density at radius 1 is 1.14 bits per heavy atom. The van der Waals surface area contributed by atoms with Crippen LogP contribution in [0.5, 0.6) is 0 Å². The lowest BCUT2D eigenvalue weighted by Gasteiger charge is -2.30. The molecule has 0 aromatic carbocycles. The summed E-state index contributed by atoms with van der Waals surface area (Å²) < 4.78 is 33.4. The Kier molecular flexibility index (Phi) is 12.8. The number of ether oxygens (including phenoxy) is 1. The van der Waals surface area contributed by atoms with Crippen molar-refractivity contribution in [2.75, 3.05) is 11.9 Å². The highest BCUT2D eigenvalue weighted by molar-refractivity contribution is 7.90. The predicted octanol–water partition coefficient (Wildman–Crippen LogP) is 3.20. The maximum absolute atomic E-state index is 14.3. The van der Waals surface area contributed by atoms with Gasteiger partial charge in [-0.15, -0.1) is 11.3 Å². The molecule has 1 unspecified atom stereocenters. The van der Waals surface area contributed by atoms with Gasteiger partial charge in [-0.05, 0) is 80.1 Å². The number of fused-ring (bicyclic) bond motifs is 2. The van der Waals surface area contributed by atoms with Gasteiger partial charge in [0.1, 0.15) is 28.9 Å². The van der Waals surface area contributed by atoms with E-state index in [-0.39, 0.29) is 44.0 Å². The Morgan fingerprint density at radius 2 is 1.86 bits per heavy atom. The third kappa shape index (κ3) is 10.4. The van der Waals surface area contributed by atoms with E-state index in [1.54, 1.807) is 33.1 Å². The van der Waals surface area contributed by atoms with Crippen LogP contribution in [0.4, 0.5) is 9.93 Å². The van der Waals surface area contributed by atoms with E-state index in [9.17, 15) is 32.4 Å². The van der Waals surface area contributed by atoms with E-state index in [2.05, 4.69) is 31.0 Å². The second-order valence-corrected chi connectivity index (χ2v) is 17.9. The van der Waals surface area contributed by atoms with Gasteiger partial charge in [-0.2, -0.15) is 0 Å². The number of nitrogens with one attached hydrogen (secondary N) is 5. The van der Waals surface area contributed by atoms with Crippen LogP contribution in [0.1, 0.15) is 110 Å². The van der Waals surface area contributed by atoms with Gasteiger partial charge in [0, 0.05) is 29.9 Å². The second-order valence-electron chi connectivity index (χ2n) is 15.0. The molecule has 5 amide bonds. The summed E-state index contributed by atoms with van der Waals surface area (Å²) in [4.78, 5) is 74.0. The number of carbonyl (C=O) groups excluding carboxylic acids is 5. The summed E-state index contributed by atoms with van der Waals surface area (Å²) in [6.07, 6.45) is 6.53. The number of rotatable bonds is 9. The molecule has 0 spiro atoms. The molecule has 51 heavy (non-hydrogen) atoms. The lowest BCUT2D eigenvalue weighted by Crippen LogP contribution is -2.58. The monoisotopic (exact) mass is 751 g/mol. The summed E-state index contributed by atoms with van der Waals surface area (Å²) in [5.74, 6) is -2.98. The molecule has 4 rings (SSSR count). The van der Waals surface area contributed by atoms with Crippen LogP contribution in [-0.4, -0.2) is 95.1 Å². The Labute approximate surface area is 304 Å². The molecule has 1 aromatic rings. The van der Waals surface area contributed by atoms with Crippen LogP contribution in [0.2, 0.25) is 0 Å². The Balaban J connectivity index is 1.64. The topological polar surface area (TPSA) is 205 Å². The fraction of sp³-hybridized carbons (Fsp3) is 0.706. The SMILES string of the molecule is CCC(C)S(=O)(=O)NC(=O)[C@@]12C[C@H]1/C=C\CCCCC[C@H](NC(=O)OC(C)(C)C)C(=O)N1C[C@H](NC(=O)c3csc(NC(C)C)n3)C[C@H]1C(=O)N2. The maximum atomic E-state index is 14.3. The number of sulfonamides is 1. The summed E-state index contributed by atoms with van der Waals surface area (Å²) in [7, 11) is -4.01. The first-order chi connectivity index (χ1) is 23.8. The van der Waals surface area contributed by atoms with Crippen LogP contribution in [-0.2, 0) is 29.1 Å². The van der Waals surface area contributed by atoms with Crippen molar-refractivity contribution in [1.29, 1.82) is 0 Å². The summed E-state index contributed by atoms with van der Waals surface area (Å²) in [5.41, 5.74) is -2.18. The minimum absolute atomic E-state index is 0.00703. The average Bonchev–Trinajstić information content (AvgIpc) is 3.31. The molecular formula is C34H53N7O8S2. The van der Waals surface area contributed by atoms with E-state index in [0.29, 0.717) is 18.0 Å². The lowest BCUT2D eigenvalue weighted by molar-refractivity contribution is -0.141. The number of anilines is 1. The smallest absolute Gasteiger partial charge is 0.408 e. The molecule has 0 radical (unpaired) electrons. The first-order valence-electron chi connectivity index (χ1n) is 17.7. The zero-order valence-electron chi connectivity index (χ0n) is 30.5. The zero-order valence-corrected chi connectivity index (χ0v) is 32.2. The van der Waals surface area contributed by atoms with Crippen molar-refractivity contribution in [3.63, 3.8) is 0 Å². The van der Waals surface area contributed by atoms with E-state index in [0.717, 1.165) is 12.8 Å². The molecule has 17 heteroatoms. The Bertz CT molecular complexity index is 1600. The molecule has 2 fully saturated rings. The van der Waals surface area contributed by atoms with Crippen LogP contribution in [0.3, 0.4) is 0 Å². The first kappa shape index (κ1) is 40.0. The lowest BCUT2D eigenvalue weighted by atomic mass is 10.0. The molecule has 0 bridgehead atoms. The zero-order chi connectivity index (χ0) is 37.7. The van der Waals surface area contributed by atoms with Crippen molar-refractivity contribution in [2.45, 2.75) is 140 Å². The van der Waals surface area contributed by atoms with Crippen LogP contribution >= 0.6 is 11.3 Å². The minimum atomic E-state index is -4.01. The Hall–Kier alpha value is -3.73. The van der Waals surface area contributed by atoms with Crippen LogP contribution in [0, 0.1) is 5.92 Å². The van der Waals surface area contributed by atoms with Gasteiger partial charge in [-0.3, -0.25) is 23.9 Å². The second kappa shape index (κ2) is 16.3. The number of aromatic nitrogens is 1. The number of nitrogens with zero attached hydrogens (tertiary/aromatic N) is 2. The third-order valence-corrected chi connectivity index (χ3v) is 11.8. The van der Waals surface area contributed by atoms with E-state index >= 15 is 0 Å². The van der Waals surface area contributed by atoms with Gasteiger partial charge < -0.3 is 30.9 Å². The fourth-order valence-electron chi connectivity index (χ4n) is 6.16. The largest absolute Gasteiger partial charge is 0.444 e. The predicted molar refractivity (Wildman–Crippen MR) is 193 cm³/mol. The normalized spacial score (nSPS) is 27.1. The molecule has 15 nitrogen and oxygen atoms in total. The van der Waals surface area contributed by atoms with Gasteiger partial charge in [0.15, 0.2) is 5.13 Å². The number of thiazole rings is 1. The summed E-state index contributed by atoms with van der Waals surface area (Å²) in [6.45, 7) is 12.2. The minimum Gasteiger partial charge on any atom is -0.444 e. The van der Waals surface area contributed by atoms with E-state index in [1.165, 1.54) is 23.2 Å². The number of amides is 5. The van der Waals surface area contributed by atoms with Gasteiger partial charge in [0.25, 0.3) is 11.8 Å². The standard InChI is InChI=1S/C34H53N7O8S2/c1-8-21(4)51(47,48)40-30(45)34-17-22(34)14-12-10-9-11-13-15-24(38-32(46)49-33(5,6)7)29(44)41-18-23(16-26(41)28(43)39-34)36-27(42)25-19-50-31(37-25)35-20(2)3/h12,14,19-24,26H,8-11,13,15-18H2,1-7H3,(H,35,37)(H,36,42)(H,38,46)(H,39,43)(H,40,45)/b14-12-/t21?,22-,23-,24+,26+,34-/m1/s1.